The molecule has 3 unspecified atom stereocenters. The van der Waals surface area contributed by atoms with Crippen molar-refractivity contribution in [3.8, 4) is 0 Å². The lowest BCUT2D eigenvalue weighted by atomic mass is 9.84. The highest BCUT2D eigenvalue weighted by atomic mass is 15.2. The fourth-order valence-corrected chi connectivity index (χ4v) is 3.95. The second-order valence-corrected chi connectivity index (χ2v) is 6.06. The summed E-state index contributed by atoms with van der Waals surface area (Å²) in [6, 6.07) is 6.17. The second-order valence-electron chi connectivity index (χ2n) is 6.06. The molecule has 0 amide bonds. The Morgan fingerprint density at radius 1 is 1.12 bits per heavy atom. The van der Waals surface area contributed by atoms with Crippen molar-refractivity contribution in [1.82, 2.24) is 9.88 Å². The van der Waals surface area contributed by atoms with E-state index in [2.05, 4.69) is 22.0 Å². The standard InChI is InChI=1S/C15H20N2/c1-2-11(1)10-17-13-3-4-15(17)14(9-13)12-5-7-16-8-6-12/h5-8,11,13-15H,1-4,9-10H2. The van der Waals surface area contributed by atoms with Crippen molar-refractivity contribution in [3.63, 3.8) is 0 Å². The van der Waals surface area contributed by atoms with Gasteiger partial charge < -0.3 is 0 Å². The van der Waals surface area contributed by atoms with E-state index >= 15 is 0 Å². The van der Waals surface area contributed by atoms with E-state index in [1.54, 1.807) is 0 Å². The molecule has 0 aromatic carbocycles. The van der Waals surface area contributed by atoms with Crippen molar-refractivity contribution in [2.24, 2.45) is 5.92 Å². The van der Waals surface area contributed by atoms with E-state index in [0.717, 1.165) is 23.9 Å². The van der Waals surface area contributed by atoms with E-state index in [1.807, 2.05) is 12.4 Å². The van der Waals surface area contributed by atoms with E-state index in [1.165, 1.54) is 44.2 Å². The molecule has 2 nitrogen and oxygen atoms in total. The van der Waals surface area contributed by atoms with Crippen LogP contribution in [-0.4, -0.2) is 28.5 Å². The topological polar surface area (TPSA) is 16.1 Å². The van der Waals surface area contributed by atoms with Crippen molar-refractivity contribution in [3.05, 3.63) is 30.1 Å². The number of aromatic nitrogens is 1. The number of rotatable bonds is 3. The normalized spacial score (nSPS) is 36.6. The highest BCUT2D eigenvalue weighted by Gasteiger charge is 2.47. The van der Waals surface area contributed by atoms with Crippen molar-refractivity contribution in [2.75, 3.05) is 6.54 Å². The summed E-state index contributed by atoms with van der Waals surface area (Å²) in [6.45, 7) is 1.39. The fourth-order valence-electron chi connectivity index (χ4n) is 3.95. The van der Waals surface area contributed by atoms with Gasteiger partial charge in [-0.15, -0.1) is 0 Å². The molecule has 17 heavy (non-hydrogen) atoms. The molecule has 1 aromatic rings. The van der Waals surface area contributed by atoms with E-state index in [9.17, 15) is 0 Å². The van der Waals surface area contributed by atoms with Crippen molar-refractivity contribution < 1.29 is 0 Å². The Morgan fingerprint density at radius 3 is 2.71 bits per heavy atom. The molecule has 1 aliphatic carbocycles. The SMILES string of the molecule is c1cc(C2CC3CCC2N3CC2CC2)ccn1. The number of hydrogen-bond acceptors (Lipinski definition) is 2. The maximum atomic E-state index is 4.14. The zero-order valence-electron chi connectivity index (χ0n) is 10.3. The van der Waals surface area contributed by atoms with E-state index < -0.39 is 0 Å². The van der Waals surface area contributed by atoms with Gasteiger partial charge in [0.05, 0.1) is 0 Å². The largest absolute Gasteiger partial charge is 0.297 e. The van der Waals surface area contributed by atoms with Crippen LogP contribution in [0.15, 0.2) is 24.5 Å². The van der Waals surface area contributed by atoms with Crippen LogP contribution in [0.3, 0.4) is 0 Å². The zero-order chi connectivity index (χ0) is 11.2. The third-order valence-corrected chi connectivity index (χ3v) is 4.98. The molecule has 2 saturated heterocycles. The van der Waals surface area contributed by atoms with Crippen LogP contribution in [0.4, 0.5) is 0 Å². The predicted octanol–water partition coefficient (Wildman–Crippen LogP) is 2.81. The summed E-state index contributed by atoms with van der Waals surface area (Å²) in [5.41, 5.74) is 1.52. The predicted molar refractivity (Wildman–Crippen MR) is 67.8 cm³/mol. The summed E-state index contributed by atoms with van der Waals surface area (Å²) in [5.74, 6) is 1.82. The average Bonchev–Trinajstić information content (AvgIpc) is 3.05. The molecule has 2 aliphatic heterocycles. The first-order valence-corrected chi connectivity index (χ1v) is 7.07. The quantitative estimate of drug-likeness (QED) is 0.791. The van der Waals surface area contributed by atoms with E-state index in [0.29, 0.717) is 0 Å². The van der Waals surface area contributed by atoms with Gasteiger partial charge in [-0.1, -0.05) is 0 Å². The minimum absolute atomic E-state index is 0.787. The molecule has 3 heterocycles. The molecule has 3 fully saturated rings. The number of fused-ring (bicyclic) bond motifs is 2. The van der Waals surface area contributed by atoms with Crippen LogP contribution in [0.25, 0.3) is 0 Å². The Balaban J connectivity index is 1.55. The van der Waals surface area contributed by atoms with Crippen molar-refractivity contribution in [1.29, 1.82) is 0 Å². The van der Waals surface area contributed by atoms with Gasteiger partial charge in [0.2, 0.25) is 0 Å². The summed E-state index contributed by atoms with van der Waals surface area (Å²) in [7, 11) is 0. The molecule has 2 bridgehead atoms. The molecule has 1 aromatic heterocycles. The Hall–Kier alpha value is -0.890. The molecule has 3 atom stereocenters. The van der Waals surface area contributed by atoms with Gasteiger partial charge in [0.15, 0.2) is 0 Å². The molecular weight excluding hydrogens is 208 g/mol. The molecular formula is C15H20N2. The van der Waals surface area contributed by atoms with Gasteiger partial charge in [-0.2, -0.15) is 0 Å². The summed E-state index contributed by atoms with van der Waals surface area (Å²) in [4.78, 5) is 6.98. The fraction of sp³-hybridized carbons (Fsp3) is 0.667. The highest BCUT2D eigenvalue weighted by molar-refractivity contribution is 5.23. The summed E-state index contributed by atoms with van der Waals surface area (Å²) < 4.78 is 0. The number of nitrogens with zero attached hydrogens (tertiary/aromatic N) is 2. The smallest absolute Gasteiger partial charge is 0.0270 e. The van der Waals surface area contributed by atoms with Gasteiger partial charge in [-0.25, -0.2) is 0 Å². The molecule has 1 saturated carbocycles. The van der Waals surface area contributed by atoms with Crippen LogP contribution in [-0.2, 0) is 0 Å². The van der Waals surface area contributed by atoms with E-state index in [4.69, 9.17) is 0 Å². The lowest BCUT2D eigenvalue weighted by Crippen LogP contribution is -2.31. The van der Waals surface area contributed by atoms with Crippen LogP contribution in [0.1, 0.15) is 43.6 Å². The first-order chi connectivity index (χ1) is 8.42. The van der Waals surface area contributed by atoms with Crippen molar-refractivity contribution in [2.45, 2.75) is 50.1 Å². The lowest BCUT2D eigenvalue weighted by molar-refractivity contribution is 0.237. The second kappa shape index (κ2) is 3.81. The van der Waals surface area contributed by atoms with Crippen LogP contribution in [0, 0.1) is 5.92 Å². The Morgan fingerprint density at radius 2 is 1.94 bits per heavy atom. The Kier molecular flexibility index (Phi) is 2.26. The maximum absolute atomic E-state index is 4.14. The molecule has 3 aliphatic rings. The maximum Gasteiger partial charge on any atom is 0.0270 e. The first kappa shape index (κ1) is 10.1. The molecule has 2 heteroatoms. The minimum atomic E-state index is 0.787. The first-order valence-electron chi connectivity index (χ1n) is 7.07. The third kappa shape index (κ3) is 1.70. The van der Waals surface area contributed by atoms with Gasteiger partial charge in [0.25, 0.3) is 0 Å². The monoisotopic (exact) mass is 228 g/mol. The number of hydrogen-bond donors (Lipinski definition) is 0. The minimum Gasteiger partial charge on any atom is -0.297 e. The van der Waals surface area contributed by atoms with Gasteiger partial charge >= 0.3 is 0 Å². The van der Waals surface area contributed by atoms with Crippen LogP contribution >= 0.6 is 0 Å². The van der Waals surface area contributed by atoms with Crippen LogP contribution in [0.2, 0.25) is 0 Å². The summed E-state index contributed by atoms with van der Waals surface area (Å²) in [6.07, 6.45) is 11.1. The average molecular weight is 228 g/mol. The number of pyridine rings is 1. The van der Waals surface area contributed by atoms with Crippen LogP contribution < -0.4 is 0 Å². The molecule has 0 spiro atoms. The zero-order valence-corrected chi connectivity index (χ0v) is 10.3. The highest BCUT2D eigenvalue weighted by Crippen LogP contribution is 2.48. The summed E-state index contributed by atoms with van der Waals surface area (Å²) in [5, 5.41) is 0. The summed E-state index contributed by atoms with van der Waals surface area (Å²) >= 11 is 0. The van der Waals surface area contributed by atoms with Gasteiger partial charge in [-0.05, 0) is 55.7 Å². The van der Waals surface area contributed by atoms with E-state index in [-0.39, 0.29) is 0 Å². The Bertz CT molecular complexity index is 399. The van der Waals surface area contributed by atoms with Gasteiger partial charge in [0.1, 0.15) is 0 Å². The molecule has 0 N–H and O–H groups in total. The van der Waals surface area contributed by atoms with Crippen LogP contribution in [0.5, 0.6) is 0 Å². The molecule has 0 radical (unpaired) electrons. The lowest BCUT2D eigenvalue weighted by Gasteiger charge is -2.24. The third-order valence-electron chi connectivity index (χ3n) is 4.98. The molecule has 4 rings (SSSR count). The van der Waals surface area contributed by atoms with Crippen molar-refractivity contribution >= 4 is 0 Å². The van der Waals surface area contributed by atoms with Gasteiger partial charge in [0, 0.05) is 36.9 Å². The van der Waals surface area contributed by atoms with Gasteiger partial charge in [-0.3, -0.25) is 9.88 Å². The Labute approximate surface area is 103 Å². The molecule has 90 valence electrons.